The van der Waals surface area contributed by atoms with Gasteiger partial charge in [0.15, 0.2) is 0 Å². The smallest absolute Gasteiger partial charge is 0.0487 e. The Kier molecular flexibility index (Phi) is 1.70. The zero-order valence-corrected chi connectivity index (χ0v) is 5.09. The van der Waals surface area contributed by atoms with Crippen molar-refractivity contribution in [1.29, 1.82) is 0 Å². The highest BCUT2D eigenvalue weighted by Crippen LogP contribution is 2.06. The Morgan fingerprint density at radius 2 is 2.22 bits per heavy atom. The van der Waals surface area contributed by atoms with E-state index in [2.05, 4.69) is 12.3 Å². The first-order valence-corrected chi connectivity index (χ1v) is 2.71. The minimum atomic E-state index is 0.891. The van der Waals surface area contributed by atoms with Crippen molar-refractivity contribution in [2.24, 2.45) is 5.84 Å². The lowest BCUT2D eigenvalue weighted by atomic mass is 10.2. The number of benzene rings is 1. The maximum absolute atomic E-state index is 5.14. The molecule has 1 aromatic rings. The van der Waals surface area contributed by atoms with E-state index < -0.39 is 0 Å². The molecule has 0 aliphatic rings. The largest absolute Gasteiger partial charge is 0.324 e. The van der Waals surface area contributed by atoms with Crippen LogP contribution in [-0.4, -0.2) is 0 Å². The van der Waals surface area contributed by atoms with Gasteiger partial charge in [-0.3, -0.25) is 5.84 Å². The molecule has 0 aliphatic heterocycles. The van der Waals surface area contributed by atoms with E-state index in [1.165, 1.54) is 0 Å². The zero-order chi connectivity index (χ0) is 6.69. The summed E-state index contributed by atoms with van der Waals surface area (Å²) in [5.41, 5.74) is 4.38. The molecular weight excluding hydrogens is 112 g/mol. The van der Waals surface area contributed by atoms with Gasteiger partial charge in [-0.15, -0.1) is 0 Å². The third kappa shape index (κ3) is 1.44. The average Bonchev–Trinajstić information content (AvgIpc) is 1.88. The van der Waals surface area contributed by atoms with E-state index in [9.17, 15) is 0 Å². The minimum Gasteiger partial charge on any atom is -0.324 e. The summed E-state index contributed by atoms with van der Waals surface area (Å²) in [4.78, 5) is 0. The Bertz CT molecular complexity index is 196. The Morgan fingerprint density at radius 3 is 2.67 bits per heavy atom. The Morgan fingerprint density at radius 1 is 1.44 bits per heavy atom. The van der Waals surface area contributed by atoms with Gasteiger partial charge in [0.05, 0.1) is 0 Å². The maximum Gasteiger partial charge on any atom is 0.0487 e. The summed E-state index contributed by atoms with van der Waals surface area (Å²) in [6.07, 6.45) is 0. The minimum absolute atomic E-state index is 0.891. The number of nitrogen functional groups attached to an aromatic ring is 1. The van der Waals surface area contributed by atoms with Crippen molar-refractivity contribution in [2.75, 3.05) is 5.43 Å². The molecule has 0 spiro atoms. The van der Waals surface area contributed by atoms with Crippen LogP contribution < -0.4 is 11.3 Å². The van der Waals surface area contributed by atoms with E-state index in [-0.39, 0.29) is 0 Å². The fourth-order valence-corrected chi connectivity index (χ4v) is 0.661. The van der Waals surface area contributed by atoms with Gasteiger partial charge in [-0.2, -0.15) is 0 Å². The molecule has 0 unspecified atom stereocenters. The summed E-state index contributed by atoms with van der Waals surface area (Å²) in [7, 11) is 0. The fraction of sp³-hybridized carbons (Fsp3) is 0. The average molecular weight is 121 g/mol. The van der Waals surface area contributed by atoms with Gasteiger partial charge in [0.1, 0.15) is 0 Å². The molecule has 0 saturated carbocycles. The van der Waals surface area contributed by atoms with Crippen LogP contribution in [0.15, 0.2) is 24.3 Å². The molecule has 1 radical (unpaired) electrons. The van der Waals surface area contributed by atoms with Crippen LogP contribution in [0.5, 0.6) is 0 Å². The molecule has 1 aromatic carbocycles. The highest BCUT2D eigenvalue weighted by Gasteiger charge is 1.85. The molecule has 1 rings (SSSR count). The molecule has 0 heterocycles. The summed E-state index contributed by atoms with van der Waals surface area (Å²) in [6.45, 7) is 3.73. The van der Waals surface area contributed by atoms with Crippen LogP contribution in [0.4, 0.5) is 5.69 Å². The second-order valence-corrected chi connectivity index (χ2v) is 1.84. The van der Waals surface area contributed by atoms with Crippen molar-refractivity contribution in [3.05, 3.63) is 36.8 Å². The zero-order valence-electron chi connectivity index (χ0n) is 5.09. The lowest BCUT2D eigenvalue weighted by Gasteiger charge is -1.98. The molecule has 2 nitrogen and oxygen atoms in total. The first-order chi connectivity index (χ1) is 4.33. The molecular formula is C7H9N2. The number of hydrogen-bond acceptors (Lipinski definition) is 2. The van der Waals surface area contributed by atoms with Gasteiger partial charge in [-0.25, -0.2) is 0 Å². The van der Waals surface area contributed by atoms with Crippen molar-refractivity contribution in [3.63, 3.8) is 0 Å². The summed E-state index contributed by atoms with van der Waals surface area (Å²) < 4.78 is 0. The molecule has 3 N–H and O–H groups in total. The second kappa shape index (κ2) is 2.51. The second-order valence-electron chi connectivity index (χ2n) is 1.84. The number of nitrogens with one attached hydrogen (secondary N) is 1. The van der Waals surface area contributed by atoms with Gasteiger partial charge in [0, 0.05) is 5.69 Å². The third-order valence-corrected chi connectivity index (χ3v) is 1.09. The molecule has 0 amide bonds. The normalized spacial score (nSPS) is 9.11. The quantitative estimate of drug-likeness (QED) is 0.432. The van der Waals surface area contributed by atoms with Gasteiger partial charge < -0.3 is 5.43 Å². The number of nitrogens with two attached hydrogens (primary N) is 1. The lowest BCUT2D eigenvalue weighted by molar-refractivity contribution is 1.35. The van der Waals surface area contributed by atoms with Crippen LogP contribution in [0, 0.1) is 6.92 Å². The van der Waals surface area contributed by atoms with Crippen LogP contribution in [0.3, 0.4) is 0 Å². The van der Waals surface area contributed by atoms with Gasteiger partial charge >= 0.3 is 0 Å². The van der Waals surface area contributed by atoms with Gasteiger partial charge in [0.2, 0.25) is 0 Å². The van der Waals surface area contributed by atoms with Crippen LogP contribution in [0.2, 0.25) is 0 Å². The van der Waals surface area contributed by atoms with Crippen molar-refractivity contribution in [1.82, 2.24) is 0 Å². The first-order valence-electron chi connectivity index (χ1n) is 2.71. The maximum atomic E-state index is 5.14. The molecule has 9 heavy (non-hydrogen) atoms. The van der Waals surface area contributed by atoms with Gasteiger partial charge in [0.25, 0.3) is 0 Å². The Balaban J connectivity index is 2.94. The predicted octanol–water partition coefficient (Wildman–Crippen LogP) is 1.15. The van der Waals surface area contributed by atoms with E-state index in [0.29, 0.717) is 0 Å². The molecule has 0 fully saturated rings. The van der Waals surface area contributed by atoms with E-state index in [1.807, 2.05) is 24.3 Å². The van der Waals surface area contributed by atoms with Crippen LogP contribution >= 0.6 is 0 Å². The van der Waals surface area contributed by atoms with Gasteiger partial charge in [-0.1, -0.05) is 12.1 Å². The highest BCUT2D eigenvalue weighted by molar-refractivity contribution is 5.45. The summed E-state index contributed by atoms with van der Waals surface area (Å²) in [5.74, 6) is 5.14. The summed E-state index contributed by atoms with van der Waals surface area (Å²) >= 11 is 0. The molecule has 2 heteroatoms. The topological polar surface area (TPSA) is 38.0 Å². The summed E-state index contributed by atoms with van der Waals surface area (Å²) in [6, 6.07) is 7.58. The van der Waals surface area contributed by atoms with Crippen molar-refractivity contribution < 1.29 is 0 Å². The standard InChI is InChI=1S/C7H9N2/c1-6-3-2-4-7(5-6)9-8/h2-5,9H,1,8H2. The Labute approximate surface area is 54.7 Å². The monoisotopic (exact) mass is 121 g/mol. The highest BCUT2D eigenvalue weighted by atomic mass is 15.2. The Hall–Kier alpha value is -1.02. The van der Waals surface area contributed by atoms with Crippen molar-refractivity contribution >= 4 is 5.69 Å². The van der Waals surface area contributed by atoms with Crippen molar-refractivity contribution in [2.45, 2.75) is 0 Å². The fourth-order valence-electron chi connectivity index (χ4n) is 0.661. The van der Waals surface area contributed by atoms with Crippen molar-refractivity contribution in [3.8, 4) is 0 Å². The third-order valence-electron chi connectivity index (χ3n) is 1.09. The number of rotatable bonds is 1. The van der Waals surface area contributed by atoms with E-state index in [0.717, 1.165) is 11.3 Å². The van der Waals surface area contributed by atoms with Crippen LogP contribution in [0.1, 0.15) is 5.56 Å². The number of anilines is 1. The predicted molar refractivity (Wildman–Crippen MR) is 38.7 cm³/mol. The van der Waals surface area contributed by atoms with Gasteiger partial charge in [-0.05, 0) is 24.6 Å². The number of hydrogen-bond donors (Lipinski definition) is 2. The molecule has 0 aromatic heterocycles. The van der Waals surface area contributed by atoms with E-state index >= 15 is 0 Å². The molecule has 0 aliphatic carbocycles. The lowest BCUT2D eigenvalue weighted by Crippen LogP contribution is -2.06. The molecule has 0 bridgehead atoms. The molecule has 47 valence electrons. The van der Waals surface area contributed by atoms with E-state index in [4.69, 9.17) is 5.84 Å². The molecule has 0 saturated heterocycles. The van der Waals surface area contributed by atoms with Crippen LogP contribution in [0.25, 0.3) is 0 Å². The first kappa shape index (κ1) is 6.11. The van der Waals surface area contributed by atoms with Crippen LogP contribution in [-0.2, 0) is 0 Å². The van der Waals surface area contributed by atoms with E-state index in [1.54, 1.807) is 0 Å². The number of hydrazine groups is 1. The summed E-state index contributed by atoms with van der Waals surface area (Å²) in [5, 5.41) is 0. The SMILES string of the molecule is [CH2]c1cccc(NN)c1. The molecule has 0 atom stereocenters.